The molecule has 1 aromatic heterocycles. The van der Waals surface area contributed by atoms with Crippen molar-refractivity contribution in [2.24, 2.45) is 0 Å². The standard InChI is InChI=1S/C17H22BrFN2/c1-3-5-17(20-4-2)14-6-7-21(12-14)11-13-8-15(18)10-16(19)9-13/h6-10,12,17,20H,3-5,11H2,1-2H3. The average molecular weight is 353 g/mol. The summed E-state index contributed by atoms with van der Waals surface area (Å²) in [5.41, 5.74) is 2.26. The molecule has 2 rings (SSSR count). The fourth-order valence-electron chi connectivity index (χ4n) is 2.60. The summed E-state index contributed by atoms with van der Waals surface area (Å²) in [6.07, 6.45) is 6.50. The number of nitrogens with zero attached hydrogens (tertiary/aromatic N) is 1. The van der Waals surface area contributed by atoms with Gasteiger partial charge in [0.15, 0.2) is 0 Å². The van der Waals surface area contributed by atoms with Crippen molar-refractivity contribution >= 4 is 15.9 Å². The first-order valence-electron chi connectivity index (χ1n) is 7.46. The molecule has 114 valence electrons. The number of hydrogen-bond donors (Lipinski definition) is 1. The Hall–Kier alpha value is -1.13. The van der Waals surface area contributed by atoms with Gasteiger partial charge in [0, 0.05) is 29.5 Å². The van der Waals surface area contributed by atoms with Crippen LogP contribution in [0.3, 0.4) is 0 Å². The van der Waals surface area contributed by atoms with E-state index in [0.29, 0.717) is 12.6 Å². The fraction of sp³-hybridized carbons (Fsp3) is 0.412. The van der Waals surface area contributed by atoms with Gasteiger partial charge in [-0.05, 0) is 48.4 Å². The van der Waals surface area contributed by atoms with Crippen LogP contribution in [-0.4, -0.2) is 11.1 Å². The zero-order valence-corrected chi connectivity index (χ0v) is 14.2. The van der Waals surface area contributed by atoms with E-state index in [-0.39, 0.29) is 5.82 Å². The molecule has 0 spiro atoms. The largest absolute Gasteiger partial charge is 0.350 e. The number of nitrogens with one attached hydrogen (secondary N) is 1. The third-order valence-electron chi connectivity index (χ3n) is 3.49. The molecule has 1 N–H and O–H groups in total. The first-order valence-corrected chi connectivity index (χ1v) is 8.25. The highest BCUT2D eigenvalue weighted by atomic mass is 79.9. The zero-order chi connectivity index (χ0) is 15.2. The summed E-state index contributed by atoms with van der Waals surface area (Å²) in [4.78, 5) is 0. The lowest BCUT2D eigenvalue weighted by Gasteiger charge is -2.15. The first-order chi connectivity index (χ1) is 10.1. The summed E-state index contributed by atoms with van der Waals surface area (Å²) in [5.74, 6) is -0.205. The van der Waals surface area contributed by atoms with Gasteiger partial charge < -0.3 is 9.88 Å². The zero-order valence-electron chi connectivity index (χ0n) is 12.6. The Morgan fingerprint density at radius 3 is 2.76 bits per heavy atom. The van der Waals surface area contributed by atoms with Gasteiger partial charge >= 0.3 is 0 Å². The number of rotatable bonds is 7. The minimum atomic E-state index is -0.205. The van der Waals surface area contributed by atoms with E-state index in [0.717, 1.165) is 29.4 Å². The molecular weight excluding hydrogens is 331 g/mol. The van der Waals surface area contributed by atoms with E-state index in [1.807, 2.05) is 6.07 Å². The van der Waals surface area contributed by atoms with Gasteiger partial charge in [-0.3, -0.25) is 0 Å². The van der Waals surface area contributed by atoms with E-state index in [2.05, 4.69) is 58.1 Å². The highest BCUT2D eigenvalue weighted by Crippen LogP contribution is 2.20. The van der Waals surface area contributed by atoms with Crippen LogP contribution in [-0.2, 0) is 6.54 Å². The SMILES string of the molecule is CCCC(NCC)c1ccn(Cc2cc(F)cc(Br)c2)c1. The first kappa shape index (κ1) is 16.2. The van der Waals surface area contributed by atoms with E-state index in [4.69, 9.17) is 0 Å². The molecule has 1 atom stereocenters. The molecule has 2 aromatic rings. The summed E-state index contributed by atoms with van der Waals surface area (Å²) in [7, 11) is 0. The molecule has 1 aromatic carbocycles. The molecule has 0 aliphatic rings. The van der Waals surface area contributed by atoms with Gasteiger partial charge in [0.2, 0.25) is 0 Å². The molecule has 21 heavy (non-hydrogen) atoms. The van der Waals surface area contributed by atoms with Crippen LogP contribution in [0.15, 0.2) is 41.1 Å². The molecule has 0 radical (unpaired) electrons. The molecule has 1 heterocycles. The second kappa shape index (κ2) is 7.76. The Labute approximate surface area is 134 Å². The van der Waals surface area contributed by atoms with Crippen molar-refractivity contribution in [3.05, 3.63) is 58.1 Å². The molecule has 0 aliphatic heterocycles. The lowest BCUT2D eigenvalue weighted by molar-refractivity contribution is 0.508. The van der Waals surface area contributed by atoms with Crippen LogP contribution in [0.25, 0.3) is 0 Å². The van der Waals surface area contributed by atoms with Gasteiger partial charge in [0.05, 0.1) is 0 Å². The lowest BCUT2D eigenvalue weighted by atomic mass is 10.1. The van der Waals surface area contributed by atoms with E-state index < -0.39 is 0 Å². The molecule has 0 amide bonds. The Morgan fingerprint density at radius 1 is 1.29 bits per heavy atom. The third-order valence-corrected chi connectivity index (χ3v) is 3.95. The van der Waals surface area contributed by atoms with Crippen LogP contribution < -0.4 is 5.32 Å². The van der Waals surface area contributed by atoms with Crippen LogP contribution in [0.1, 0.15) is 43.9 Å². The number of halogens is 2. The second-order valence-corrected chi connectivity index (χ2v) is 6.21. The molecular formula is C17H22BrFN2. The molecule has 0 fully saturated rings. The van der Waals surface area contributed by atoms with Crippen molar-refractivity contribution in [1.82, 2.24) is 9.88 Å². The summed E-state index contributed by atoms with van der Waals surface area (Å²) in [5, 5.41) is 3.51. The lowest BCUT2D eigenvalue weighted by Crippen LogP contribution is -2.20. The molecule has 0 aliphatic carbocycles. The molecule has 4 heteroatoms. The van der Waals surface area contributed by atoms with Crippen LogP contribution >= 0.6 is 15.9 Å². The number of aromatic nitrogens is 1. The van der Waals surface area contributed by atoms with Crippen LogP contribution in [0.5, 0.6) is 0 Å². The topological polar surface area (TPSA) is 17.0 Å². The summed E-state index contributed by atoms with van der Waals surface area (Å²) >= 11 is 3.34. The third kappa shape index (κ3) is 4.68. The fourth-order valence-corrected chi connectivity index (χ4v) is 3.11. The van der Waals surface area contributed by atoms with Crippen LogP contribution in [0.4, 0.5) is 4.39 Å². The van der Waals surface area contributed by atoms with E-state index in [9.17, 15) is 4.39 Å². The quantitative estimate of drug-likeness (QED) is 0.750. The summed E-state index contributed by atoms with van der Waals surface area (Å²) in [6.45, 7) is 5.98. The minimum Gasteiger partial charge on any atom is -0.350 e. The Kier molecular flexibility index (Phi) is 6.00. The van der Waals surface area contributed by atoms with Crippen molar-refractivity contribution in [1.29, 1.82) is 0 Å². The molecule has 0 saturated carbocycles. The maximum absolute atomic E-state index is 13.4. The van der Waals surface area contributed by atoms with E-state index in [1.54, 1.807) is 6.07 Å². The van der Waals surface area contributed by atoms with Crippen molar-refractivity contribution in [2.45, 2.75) is 39.3 Å². The monoisotopic (exact) mass is 352 g/mol. The maximum Gasteiger partial charge on any atom is 0.124 e. The van der Waals surface area contributed by atoms with Crippen LogP contribution in [0.2, 0.25) is 0 Å². The average Bonchev–Trinajstić information content (AvgIpc) is 2.85. The second-order valence-electron chi connectivity index (χ2n) is 5.29. The highest BCUT2D eigenvalue weighted by Gasteiger charge is 2.10. The van der Waals surface area contributed by atoms with E-state index in [1.165, 1.54) is 11.6 Å². The van der Waals surface area contributed by atoms with Gasteiger partial charge in [0.25, 0.3) is 0 Å². The minimum absolute atomic E-state index is 0.205. The number of benzene rings is 1. The molecule has 2 nitrogen and oxygen atoms in total. The van der Waals surface area contributed by atoms with Gasteiger partial charge in [-0.2, -0.15) is 0 Å². The molecule has 1 unspecified atom stereocenters. The van der Waals surface area contributed by atoms with Gasteiger partial charge in [0.1, 0.15) is 5.82 Å². The normalized spacial score (nSPS) is 12.6. The smallest absolute Gasteiger partial charge is 0.124 e. The van der Waals surface area contributed by atoms with Crippen molar-refractivity contribution in [3.8, 4) is 0 Å². The van der Waals surface area contributed by atoms with Gasteiger partial charge in [-0.1, -0.05) is 36.2 Å². The van der Waals surface area contributed by atoms with E-state index >= 15 is 0 Å². The molecule has 0 saturated heterocycles. The van der Waals surface area contributed by atoms with Crippen molar-refractivity contribution < 1.29 is 4.39 Å². The number of hydrogen-bond acceptors (Lipinski definition) is 1. The van der Waals surface area contributed by atoms with Gasteiger partial charge in [-0.25, -0.2) is 4.39 Å². The summed E-state index contributed by atoms with van der Waals surface area (Å²) < 4.78 is 16.3. The predicted molar refractivity (Wildman–Crippen MR) is 89.0 cm³/mol. The summed E-state index contributed by atoms with van der Waals surface area (Å²) in [6, 6.07) is 7.57. The Morgan fingerprint density at radius 2 is 2.10 bits per heavy atom. The highest BCUT2D eigenvalue weighted by molar-refractivity contribution is 9.10. The van der Waals surface area contributed by atoms with Crippen molar-refractivity contribution in [2.75, 3.05) is 6.54 Å². The Balaban J connectivity index is 2.11. The predicted octanol–water partition coefficient (Wildman–Crippen LogP) is 4.89. The molecule has 0 bridgehead atoms. The maximum atomic E-state index is 13.4. The van der Waals surface area contributed by atoms with Crippen LogP contribution in [0, 0.1) is 5.82 Å². The van der Waals surface area contributed by atoms with Gasteiger partial charge in [-0.15, -0.1) is 0 Å². The van der Waals surface area contributed by atoms with Crippen molar-refractivity contribution in [3.63, 3.8) is 0 Å². The Bertz CT molecular complexity index is 554.